The fourth-order valence-electron chi connectivity index (χ4n) is 2.36. The summed E-state index contributed by atoms with van der Waals surface area (Å²) >= 11 is 0. The molecule has 0 fully saturated rings. The van der Waals surface area contributed by atoms with Crippen LogP contribution in [-0.4, -0.2) is 48.6 Å². The molecular weight excluding hydrogens is 298 g/mol. The van der Waals surface area contributed by atoms with Gasteiger partial charge in [0.15, 0.2) is 0 Å². The first kappa shape index (κ1) is 18.2. The number of nitrogens with one attached hydrogen (secondary N) is 2. The number of nitrogens with zero attached hydrogens (tertiary/aromatic N) is 3. The molecule has 0 aliphatic heterocycles. The Bertz CT molecular complexity index is 598. The minimum atomic E-state index is 0.694. The van der Waals surface area contributed by atoms with Crippen molar-refractivity contribution >= 4 is 11.8 Å². The van der Waals surface area contributed by atoms with Crippen LogP contribution >= 0.6 is 0 Å². The molecule has 2 aromatic rings. The number of unbranched alkanes of at least 4 members (excludes halogenated alkanes) is 2. The van der Waals surface area contributed by atoms with Gasteiger partial charge in [-0.3, -0.25) is 0 Å². The molecule has 130 valence electrons. The minimum Gasteiger partial charge on any atom is -0.369 e. The Kier molecular flexibility index (Phi) is 7.49. The average molecular weight is 327 g/mol. The molecule has 0 spiro atoms. The van der Waals surface area contributed by atoms with E-state index in [-0.39, 0.29) is 0 Å². The average Bonchev–Trinajstić information content (AvgIpc) is 2.59. The molecule has 1 aromatic carbocycles. The molecule has 24 heavy (non-hydrogen) atoms. The Labute approximate surface area is 145 Å². The minimum absolute atomic E-state index is 0.694. The van der Waals surface area contributed by atoms with Crippen molar-refractivity contribution in [1.82, 2.24) is 14.9 Å². The molecule has 0 aliphatic rings. The standard InChI is InChI=1S/C19H29N5/c1-4-5-9-12-21-19-22-17(16-10-7-6-8-11-16)15-18(23-19)20-13-14-24(2)3/h6-8,10-11,15H,4-5,9,12-14H2,1-3H3,(H2,20,21,22,23). The highest BCUT2D eigenvalue weighted by molar-refractivity contribution is 5.64. The number of aromatic nitrogens is 2. The van der Waals surface area contributed by atoms with Gasteiger partial charge in [-0.25, -0.2) is 4.98 Å². The van der Waals surface area contributed by atoms with E-state index in [1.807, 2.05) is 24.3 Å². The SMILES string of the molecule is CCCCCNc1nc(NCCN(C)C)cc(-c2ccccc2)n1. The summed E-state index contributed by atoms with van der Waals surface area (Å²) in [5.74, 6) is 1.56. The van der Waals surface area contributed by atoms with Gasteiger partial charge in [0.2, 0.25) is 5.95 Å². The predicted molar refractivity (Wildman–Crippen MR) is 103 cm³/mol. The lowest BCUT2D eigenvalue weighted by atomic mass is 10.1. The first-order valence-electron chi connectivity index (χ1n) is 8.76. The molecular formula is C19H29N5. The molecule has 5 nitrogen and oxygen atoms in total. The molecule has 0 amide bonds. The maximum absolute atomic E-state index is 4.67. The van der Waals surface area contributed by atoms with E-state index in [0.29, 0.717) is 5.95 Å². The number of anilines is 2. The zero-order valence-electron chi connectivity index (χ0n) is 15.0. The van der Waals surface area contributed by atoms with Gasteiger partial charge in [-0.15, -0.1) is 0 Å². The summed E-state index contributed by atoms with van der Waals surface area (Å²) in [6.45, 7) is 4.93. The predicted octanol–water partition coefficient (Wildman–Crippen LogP) is 3.72. The number of benzene rings is 1. The molecule has 5 heteroatoms. The lowest BCUT2D eigenvalue weighted by Crippen LogP contribution is -2.21. The van der Waals surface area contributed by atoms with Gasteiger partial charge in [-0.05, 0) is 20.5 Å². The van der Waals surface area contributed by atoms with Gasteiger partial charge in [-0.1, -0.05) is 50.1 Å². The Morgan fingerprint density at radius 2 is 1.75 bits per heavy atom. The van der Waals surface area contributed by atoms with Crippen LogP contribution in [0.3, 0.4) is 0 Å². The topological polar surface area (TPSA) is 53.1 Å². The Balaban J connectivity index is 2.13. The monoisotopic (exact) mass is 327 g/mol. The second-order valence-corrected chi connectivity index (χ2v) is 6.19. The summed E-state index contributed by atoms with van der Waals surface area (Å²) in [7, 11) is 4.13. The maximum atomic E-state index is 4.67. The fraction of sp³-hybridized carbons (Fsp3) is 0.474. The van der Waals surface area contributed by atoms with Gasteiger partial charge in [0.05, 0.1) is 5.69 Å². The number of likely N-dealkylation sites (N-methyl/N-ethyl adjacent to an activating group) is 1. The van der Waals surface area contributed by atoms with E-state index >= 15 is 0 Å². The Morgan fingerprint density at radius 1 is 0.958 bits per heavy atom. The van der Waals surface area contributed by atoms with Crippen molar-refractivity contribution in [3.8, 4) is 11.3 Å². The summed E-state index contributed by atoms with van der Waals surface area (Å²) in [5.41, 5.74) is 2.04. The summed E-state index contributed by atoms with van der Waals surface area (Å²) in [6, 6.07) is 12.3. The summed E-state index contributed by atoms with van der Waals surface area (Å²) in [4.78, 5) is 11.4. The number of rotatable bonds is 10. The van der Waals surface area contributed by atoms with Crippen molar-refractivity contribution in [2.45, 2.75) is 26.2 Å². The van der Waals surface area contributed by atoms with Crippen LogP contribution in [0.5, 0.6) is 0 Å². The Morgan fingerprint density at radius 3 is 2.46 bits per heavy atom. The maximum Gasteiger partial charge on any atom is 0.225 e. The Hall–Kier alpha value is -2.14. The molecule has 0 atom stereocenters. The van der Waals surface area contributed by atoms with Gasteiger partial charge >= 0.3 is 0 Å². The normalized spacial score (nSPS) is 10.8. The van der Waals surface area contributed by atoms with Crippen LogP contribution in [0.2, 0.25) is 0 Å². The highest BCUT2D eigenvalue weighted by Gasteiger charge is 2.06. The molecule has 2 rings (SSSR count). The second kappa shape index (κ2) is 9.88. The van der Waals surface area contributed by atoms with Gasteiger partial charge in [-0.2, -0.15) is 4.98 Å². The van der Waals surface area contributed by atoms with Gasteiger partial charge in [0, 0.05) is 31.3 Å². The van der Waals surface area contributed by atoms with Crippen molar-refractivity contribution < 1.29 is 0 Å². The van der Waals surface area contributed by atoms with Crippen molar-refractivity contribution in [2.24, 2.45) is 0 Å². The van der Waals surface area contributed by atoms with Crippen molar-refractivity contribution in [1.29, 1.82) is 0 Å². The summed E-state index contributed by atoms with van der Waals surface area (Å²) < 4.78 is 0. The van der Waals surface area contributed by atoms with Gasteiger partial charge < -0.3 is 15.5 Å². The van der Waals surface area contributed by atoms with Crippen molar-refractivity contribution in [2.75, 3.05) is 44.4 Å². The van der Waals surface area contributed by atoms with E-state index in [4.69, 9.17) is 0 Å². The molecule has 1 aromatic heterocycles. The smallest absolute Gasteiger partial charge is 0.225 e. The van der Waals surface area contributed by atoms with E-state index in [1.54, 1.807) is 0 Å². The molecule has 0 saturated carbocycles. The molecule has 2 N–H and O–H groups in total. The highest BCUT2D eigenvalue weighted by Crippen LogP contribution is 2.21. The van der Waals surface area contributed by atoms with Gasteiger partial charge in [0.25, 0.3) is 0 Å². The first-order chi connectivity index (χ1) is 11.7. The number of hydrogen-bond acceptors (Lipinski definition) is 5. The third kappa shape index (κ3) is 6.16. The first-order valence-corrected chi connectivity index (χ1v) is 8.76. The van der Waals surface area contributed by atoms with Crippen LogP contribution in [0.1, 0.15) is 26.2 Å². The second-order valence-electron chi connectivity index (χ2n) is 6.19. The fourth-order valence-corrected chi connectivity index (χ4v) is 2.36. The van der Waals surface area contributed by atoms with Crippen LogP contribution in [0.15, 0.2) is 36.4 Å². The molecule has 0 aliphatic carbocycles. The lowest BCUT2D eigenvalue weighted by molar-refractivity contribution is 0.425. The molecule has 0 saturated heterocycles. The van der Waals surface area contributed by atoms with E-state index in [2.05, 4.69) is 58.7 Å². The van der Waals surface area contributed by atoms with Crippen molar-refractivity contribution in [3.63, 3.8) is 0 Å². The lowest BCUT2D eigenvalue weighted by Gasteiger charge is -2.13. The number of hydrogen-bond donors (Lipinski definition) is 2. The van der Waals surface area contributed by atoms with Crippen molar-refractivity contribution in [3.05, 3.63) is 36.4 Å². The zero-order valence-corrected chi connectivity index (χ0v) is 15.0. The van der Waals surface area contributed by atoms with E-state index in [9.17, 15) is 0 Å². The van der Waals surface area contributed by atoms with Crippen LogP contribution in [0, 0.1) is 0 Å². The van der Waals surface area contributed by atoms with Crippen LogP contribution < -0.4 is 10.6 Å². The largest absolute Gasteiger partial charge is 0.369 e. The molecule has 0 radical (unpaired) electrons. The molecule has 0 bridgehead atoms. The molecule has 0 unspecified atom stereocenters. The van der Waals surface area contributed by atoms with E-state index in [0.717, 1.165) is 43.1 Å². The highest BCUT2D eigenvalue weighted by atomic mass is 15.2. The zero-order chi connectivity index (χ0) is 17.2. The third-order valence-corrected chi connectivity index (χ3v) is 3.72. The summed E-state index contributed by atoms with van der Waals surface area (Å²) in [6.07, 6.45) is 3.57. The van der Waals surface area contributed by atoms with Crippen LogP contribution in [-0.2, 0) is 0 Å². The third-order valence-electron chi connectivity index (χ3n) is 3.72. The van der Waals surface area contributed by atoms with Gasteiger partial charge in [0.1, 0.15) is 5.82 Å². The summed E-state index contributed by atoms with van der Waals surface area (Å²) in [5, 5.41) is 6.75. The van der Waals surface area contributed by atoms with E-state index in [1.165, 1.54) is 12.8 Å². The molecule has 1 heterocycles. The van der Waals surface area contributed by atoms with Crippen LogP contribution in [0.4, 0.5) is 11.8 Å². The van der Waals surface area contributed by atoms with E-state index < -0.39 is 0 Å². The quantitative estimate of drug-likeness (QED) is 0.651. The van der Waals surface area contributed by atoms with Crippen LogP contribution in [0.25, 0.3) is 11.3 Å².